The van der Waals surface area contributed by atoms with E-state index < -0.39 is 5.97 Å². The quantitative estimate of drug-likeness (QED) is 0.158. The van der Waals surface area contributed by atoms with Gasteiger partial charge in [-0.3, -0.25) is 0 Å². The lowest BCUT2D eigenvalue weighted by molar-refractivity contribution is -0.139. The maximum atomic E-state index is 11.5. The van der Waals surface area contributed by atoms with E-state index >= 15 is 0 Å². The van der Waals surface area contributed by atoms with Gasteiger partial charge in [-0.1, -0.05) is 37.4 Å². The molecule has 0 spiro atoms. The molecule has 1 fully saturated rings. The predicted molar refractivity (Wildman–Crippen MR) is 149 cm³/mol. The Hall–Kier alpha value is -3.42. The topological polar surface area (TPSA) is 74.3 Å². The van der Waals surface area contributed by atoms with E-state index in [1.165, 1.54) is 17.2 Å². The van der Waals surface area contributed by atoms with Crippen LogP contribution in [0.15, 0.2) is 73.3 Å². The van der Waals surface area contributed by atoms with E-state index in [0.717, 1.165) is 43.7 Å². The second kappa shape index (κ2) is 15.7. The molecule has 0 saturated carbocycles. The van der Waals surface area contributed by atoms with Gasteiger partial charge in [0, 0.05) is 36.2 Å². The normalized spacial score (nSPS) is 12.9. The lowest BCUT2D eigenvalue weighted by Gasteiger charge is -2.26. The van der Waals surface area contributed by atoms with Gasteiger partial charge in [-0.2, -0.15) is 0 Å². The highest BCUT2D eigenvalue weighted by atomic mass is 16.6. The Kier molecular flexibility index (Phi) is 12.1. The van der Waals surface area contributed by atoms with Gasteiger partial charge < -0.3 is 23.8 Å². The van der Waals surface area contributed by atoms with Crippen molar-refractivity contribution in [2.75, 3.05) is 44.5 Å². The summed E-state index contributed by atoms with van der Waals surface area (Å²) in [5.41, 5.74) is 4.98. The Morgan fingerprint density at radius 3 is 1.95 bits per heavy atom. The van der Waals surface area contributed by atoms with Gasteiger partial charge in [-0.15, -0.1) is 0 Å². The fraction of sp³-hybridized carbons (Fsp3) is 0.419. The van der Waals surface area contributed by atoms with Gasteiger partial charge in [-0.05, 0) is 74.4 Å². The number of anilines is 2. The summed E-state index contributed by atoms with van der Waals surface area (Å²) in [5.74, 6) is -0.758. The summed E-state index contributed by atoms with van der Waals surface area (Å²) < 4.78 is 21.3. The first-order valence-corrected chi connectivity index (χ1v) is 13.2. The van der Waals surface area contributed by atoms with Crippen molar-refractivity contribution in [1.82, 2.24) is 0 Å². The largest absolute Gasteiger partial charge is 0.462 e. The fourth-order valence-corrected chi connectivity index (χ4v) is 3.95. The van der Waals surface area contributed by atoms with Gasteiger partial charge in [-0.25, -0.2) is 9.59 Å². The highest BCUT2D eigenvalue weighted by molar-refractivity contribution is 5.86. The van der Waals surface area contributed by atoms with E-state index in [9.17, 15) is 9.59 Å². The minimum absolute atomic E-state index is 0.266. The van der Waals surface area contributed by atoms with Crippen LogP contribution in [0.25, 0.3) is 0 Å². The highest BCUT2D eigenvalue weighted by Crippen LogP contribution is 2.27. The van der Waals surface area contributed by atoms with Gasteiger partial charge in [0.2, 0.25) is 0 Å². The fourth-order valence-electron chi connectivity index (χ4n) is 3.95. The summed E-state index contributed by atoms with van der Waals surface area (Å²) in [6, 6.07) is 17.0. The van der Waals surface area contributed by atoms with E-state index in [4.69, 9.17) is 18.9 Å². The molecule has 7 nitrogen and oxygen atoms in total. The Morgan fingerprint density at radius 2 is 1.45 bits per heavy atom. The number of aryl methyl sites for hydroxylation is 2. The van der Waals surface area contributed by atoms with Crippen LogP contribution in [0.5, 0.6) is 0 Å². The van der Waals surface area contributed by atoms with Crippen LogP contribution in [0.2, 0.25) is 0 Å². The van der Waals surface area contributed by atoms with Crippen molar-refractivity contribution in [1.29, 1.82) is 0 Å². The molecule has 2 aromatic rings. The number of carbonyl (C=O) groups is 2. The average molecular weight is 522 g/mol. The highest BCUT2D eigenvalue weighted by Gasteiger charge is 2.18. The van der Waals surface area contributed by atoms with E-state index in [1.807, 2.05) is 0 Å². The second-order valence-electron chi connectivity index (χ2n) is 9.36. The molecule has 38 heavy (non-hydrogen) atoms. The second-order valence-corrected chi connectivity index (χ2v) is 9.36. The van der Waals surface area contributed by atoms with Gasteiger partial charge in [0.1, 0.15) is 6.10 Å². The number of esters is 2. The summed E-state index contributed by atoms with van der Waals surface area (Å²) in [5, 5.41) is 0. The first kappa shape index (κ1) is 29.1. The molecule has 0 aromatic heterocycles. The number of nitrogens with zero attached hydrogens (tertiary/aromatic N) is 1. The lowest BCUT2D eigenvalue weighted by atomic mass is 10.1. The standard InChI is InChI=1S/C31H39NO6/c1-4-30(33)37-21-7-18-32(27-14-10-25(11-15-27)8-5-19-36-29-22-35-23-29)28-16-12-26(13-17-28)9-6-20-38-31(34)24(2)3/h4,10-17,29H,1-2,5-9,18-23H2,3H3. The summed E-state index contributed by atoms with van der Waals surface area (Å²) in [6.07, 6.45) is 5.62. The summed E-state index contributed by atoms with van der Waals surface area (Å²) >= 11 is 0. The first-order valence-electron chi connectivity index (χ1n) is 13.2. The monoisotopic (exact) mass is 521 g/mol. The molecule has 0 radical (unpaired) electrons. The van der Waals surface area contributed by atoms with Crippen molar-refractivity contribution in [3.63, 3.8) is 0 Å². The van der Waals surface area contributed by atoms with Crippen LogP contribution in [-0.2, 0) is 41.4 Å². The summed E-state index contributed by atoms with van der Waals surface area (Å²) in [4.78, 5) is 25.2. The number of hydrogen-bond donors (Lipinski definition) is 0. The lowest BCUT2D eigenvalue weighted by Crippen LogP contribution is -2.36. The molecule has 0 bridgehead atoms. The number of benzene rings is 2. The summed E-state index contributed by atoms with van der Waals surface area (Å²) in [7, 11) is 0. The Labute approximate surface area is 226 Å². The Morgan fingerprint density at radius 1 is 0.895 bits per heavy atom. The van der Waals surface area contributed by atoms with E-state index in [2.05, 4.69) is 66.6 Å². The van der Waals surface area contributed by atoms with Crippen LogP contribution >= 0.6 is 0 Å². The van der Waals surface area contributed by atoms with Crippen molar-refractivity contribution in [3.8, 4) is 0 Å². The molecule has 1 heterocycles. The van der Waals surface area contributed by atoms with Crippen LogP contribution in [-0.4, -0.2) is 57.6 Å². The smallest absolute Gasteiger partial charge is 0.333 e. The van der Waals surface area contributed by atoms with Crippen LogP contribution < -0.4 is 4.90 Å². The van der Waals surface area contributed by atoms with Crippen LogP contribution in [0, 0.1) is 0 Å². The van der Waals surface area contributed by atoms with Crippen LogP contribution in [0.1, 0.15) is 37.3 Å². The minimum atomic E-state index is -0.409. The molecule has 204 valence electrons. The SMILES string of the molecule is C=CC(=O)OCCCN(c1ccc(CCCOC(=O)C(=C)C)cc1)c1ccc(CCCOC2COC2)cc1. The Balaban J connectivity index is 1.57. The molecule has 0 N–H and O–H groups in total. The third-order valence-electron chi connectivity index (χ3n) is 6.20. The number of carbonyl (C=O) groups excluding carboxylic acids is 2. The molecule has 0 unspecified atom stereocenters. The van der Waals surface area contributed by atoms with Gasteiger partial charge in [0.15, 0.2) is 0 Å². The molecule has 2 aromatic carbocycles. The molecule has 1 aliphatic rings. The van der Waals surface area contributed by atoms with Crippen molar-refractivity contribution >= 4 is 23.3 Å². The van der Waals surface area contributed by atoms with Crippen LogP contribution in [0.4, 0.5) is 11.4 Å². The van der Waals surface area contributed by atoms with E-state index in [1.54, 1.807) is 6.92 Å². The van der Waals surface area contributed by atoms with Gasteiger partial charge in [0.25, 0.3) is 0 Å². The average Bonchev–Trinajstić information content (AvgIpc) is 2.90. The zero-order valence-corrected chi connectivity index (χ0v) is 22.4. The maximum absolute atomic E-state index is 11.5. The molecular weight excluding hydrogens is 482 g/mol. The van der Waals surface area contributed by atoms with Crippen LogP contribution in [0.3, 0.4) is 0 Å². The maximum Gasteiger partial charge on any atom is 0.333 e. The van der Waals surface area contributed by atoms with Crippen molar-refractivity contribution in [2.24, 2.45) is 0 Å². The van der Waals surface area contributed by atoms with Crippen molar-refractivity contribution in [3.05, 3.63) is 84.5 Å². The molecule has 3 rings (SSSR count). The zero-order chi connectivity index (χ0) is 27.2. The molecule has 1 saturated heterocycles. The molecular formula is C31H39NO6. The van der Waals surface area contributed by atoms with E-state index in [0.29, 0.717) is 45.0 Å². The minimum Gasteiger partial charge on any atom is -0.462 e. The number of ether oxygens (including phenoxy) is 4. The molecule has 1 aliphatic heterocycles. The Bertz CT molecular complexity index is 1040. The van der Waals surface area contributed by atoms with Gasteiger partial charge in [0.05, 0.1) is 26.4 Å². The molecule has 0 atom stereocenters. The first-order chi connectivity index (χ1) is 18.5. The third kappa shape index (κ3) is 9.80. The summed E-state index contributed by atoms with van der Waals surface area (Å²) in [6.45, 7) is 12.2. The van der Waals surface area contributed by atoms with Crippen molar-refractivity contribution in [2.45, 2.75) is 45.1 Å². The van der Waals surface area contributed by atoms with Crippen molar-refractivity contribution < 1.29 is 28.5 Å². The number of hydrogen-bond acceptors (Lipinski definition) is 7. The predicted octanol–water partition coefficient (Wildman–Crippen LogP) is 5.34. The van der Waals surface area contributed by atoms with E-state index in [-0.39, 0.29) is 12.1 Å². The zero-order valence-electron chi connectivity index (χ0n) is 22.4. The molecule has 7 heteroatoms. The van der Waals surface area contributed by atoms with Gasteiger partial charge >= 0.3 is 11.9 Å². The molecule has 0 amide bonds. The third-order valence-corrected chi connectivity index (χ3v) is 6.20. The molecule has 0 aliphatic carbocycles. The number of rotatable bonds is 17.